The third kappa shape index (κ3) is 4.03. The van der Waals surface area contributed by atoms with Crippen LogP contribution in [0.4, 0.5) is 10.1 Å². The number of esters is 1. The predicted molar refractivity (Wildman–Crippen MR) is 79.5 cm³/mol. The van der Waals surface area contributed by atoms with Gasteiger partial charge in [0.15, 0.2) is 5.82 Å². The third-order valence-corrected chi connectivity index (χ3v) is 3.14. The number of benzene rings is 2. The monoisotopic (exact) mass is 319 g/mol. The molecular weight excluding hydrogens is 305 g/mol. The van der Waals surface area contributed by atoms with Crippen LogP contribution in [0.2, 0.25) is 0 Å². The maximum absolute atomic E-state index is 14.5. The minimum absolute atomic E-state index is 0.0227. The van der Waals surface area contributed by atoms with Crippen LogP contribution < -0.4 is 4.74 Å². The SMILES string of the molecule is COC(=O)Cc1ccc([N+](=O)[O-])c(OCc2ccccc2)c1F. The van der Waals surface area contributed by atoms with Crippen molar-refractivity contribution in [3.8, 4) is 5.75 Å². The molecule has 7 heteroatoms. The number of hydrogen-bond donors (Lipinski definition) is 0. The van der Waals surface area contributed by atoms with Crippen molar-refractivity contribution >= 4 is 11.7 Å². The average molecular weight is 319 g/mol. The second-order valence-electron chi connectivity index (χ2n) is 4.67. The van der Waals surface area contributed by atoms with Crippen molar-refractivity contribution in [2.75, 3.05) is 7.11 Å². The number of halogens is 1. The summed E-state index contributed by atoms with van der Waals surface area (Å²) in [7, 11) is 1.18. The van der Waals surface area contributed by atoms with E-state index in [9.17, 15) is 19.3 Å². The topological polar surface area (TPSA) is 78.7 Å². The van der Waals surface area contributed by atoms with Crippen LogP contribution in [0.15, 0.2) is 42.5 Å². The molecule has 0 bridgehead atoms. The minimum atomic E-state index is -0.930. The van der Waals surface area contributed by atoms with E-state index in [0.717, 1.165) is 11.6 Å². The molecule has 0 fully saturated rings. The molecule has 23 heavy (non-hydrogen) atoms. The summed E-state index contributed by atoms with van der Waals surface area (Å²) >= 11 is 0. The second-order valence-corrected chi connectivity index (χ2v) is 4.67. The summed E-state index contributed by atoms with van der Waals surface area (Å²) in [6.45, 7) is -0.0275. The predicted octanol–water partition coefficient (Wildman–Crippen LogP) is 3.03. The maximum Gasteiger partial charge on any atom is 0.314 e. The fourth-order valence-corrected chi connectivity index (χ4v) is 1.96. The van der Waals surface area contributed by atoms with Crippen molar-refractivity contribution in [3.63, 3.8) is 0 Å². The Balaban J connectivity index is 2.31. The number of ether oxygens (including phenoxy) is 2. The third-order valence-electron chi connectivity index (χ3n) is 3.14. The normalized spacial score (nSPS) is 10.2. The zero-order valence-electron chi connectivity index (χ0n) is 12.3. The van der Waals surface area contributed by atoms with Crippen LogP contribution in [0, 0.1) is 15.9 Å². The molecule has 2 aromatic carbocycles. The summed E-state index contributed by atoms with van der Waals surface area (Å²) < 4.78 is 24.2. The number of nitro benzene ring substituents is 1. The highest BCUT2D eigenvalue weighted by atomic mass is 19.1. The molecule has 2 rings (SSSR count). The summed E-state index contributed by atoms with van der Waals surface area (Å²) in [4.78, 5) is 21.6. The summed E-state index contributed by atoms with van der Waals surface area (Å²) in [6, 6.07) is 11.2. The molecule has 2 aromatic rings. The van der Waals surface area contributed by atoms with Crippen molar-refractivity contribution < 1.29 is 23.6 Å². The lowest BCUT2D eigenvalue weighted by Crippen LogP contribution is -2.09. The molecule has 0 spiro atoms. The number of methoxy groups -OCH3 is 1. The van der Waals surface area contributed by atoms with E-state index in [-0.39, 0.29) is 18.6 Å². The first-order valence-corrected chi connectivity index (χ1v) is 6.72. The molecule has 0 saturated carbocycles. The number of carbonyl (C=O) groups excluding carboxylic acids is 1. The molecule has 0 amide bonds. The molecule has 0 saturated heterocycles. The van der Waals surface area contributed by atoms with Crippen molar-refractivity contribution in [1.29, 1.82) is 0 Å². The van der Waals surface area contributed by atoms with Crippen molar-refractivity contribution in [2.45, 2.75) is 13.0 Å². The molecule has 0 aliphatic heterocycles. The van der Waals surface area contributed by atoms with Gasteiger partial charge in [-0.05, 0) is 11.6 Å². The molecule has 0 heterocycles. The lowest BCUT2D eigenvalue weighted by Gasteiger charge is -2.10. The highest BCUT2D eigenvalue weighted by Gasteiger charge is 2.24. The fraction of sp³-hybridized carbons (Fsp3) is 0.188. The van der Waals surface area contributed by atoms with Gasteiger partial charge in [-0.3, -0.25) is 14.9 Å². The van der Waals surface area contributed by atoms with E-state index < -0.39 is 28.1 Å². The van der Waals surface area contributed by atoms with E-state index in [1.807, 2.05) is 6.07 Å². The van der Waals surface area contributed by atoms with E-state index in [1.54, 1.807) is 24.3 Å². The fourth-order valence-electron chi connectivity index (χ4n) is 1.96. The van der Waals surface area contributed by atoms with E-state index in [4.69, 9.17) is 4.74 Å². The van der Waals surface area contributed by atoms with Gasteiger partial charge in [-0.1, -0.05) is 30.3 Å². The standard InChI is InChI=1S/C16H14FNO5/c1-22-14(19)9-12-7-8-13(18(20)21)16(15(12)17)23-10-11-5-3-2-4-6-11/h2-8H,9-10H2,1H3. The Hall–Kier alpha value is -2.96. The quantitative estimate of drug-likeness (QED) is 0.464. The first kappa shape index (κ1) is 16.4. The number of nitro groups is 1. The van der Waals surface area contributed by atoms with Crippen LogP contribution in [0.25, 0.3) is 0 Å². The number of rotatable bonds is 6. The van der Waals surface area contributed by atoms with Gasteiger partial charge in [-0.2, -0.15) is 0 Å². The molecule has 0 aliphatic carbocycles. The molecular formula is C16H14FNO5. The zero-order valence-corrected chi connectivity index (χ0v) is 12.3. The van der Waals surface area contributed by atoms with Gasteiger partial charge < -0.3 is 9.47 Å². The van der Waals surface area contributed by atoms with Crippen LogP contribution >= 0.6 is 0 Å². The van der Waals surface area contributed by atoms with Gasteiger partial charge in [0.05, 0.1) is 18.5 Å². The average Bonchev–Trinajstić information content (AvgIpc) is 2.56. The molecule has 0 unspecified atom stereocenters. The van der Waals surface area contributed by atoms with Crippen LogP contribution in [0.1, 0.15) is 11.1 Å². The van der Waals surface area contributed by atoms with Crippen molar-refractivity contribution in [1.82, 2.24) is 0 Å². The highest BCUT2D eigenvalue weighted by Crippen LogP contribution is 2.33. The summed E-state index contributed by atoms with van der Waals surface area (Å²) in [5.41, 5.74) is 0.220. The molecule has 0 radical (unpaired) electrons. The van der Waals surface area contributed by atoms with Gasteiger partial charge in [0.2, 0.25) is 5.75 Å². The van der Waals surface area contributed by atoms with E-state index >= 15 is 0 Å². The van der Waals surface area contributed by atoms with Gasteiger partial charge in [-0.15, -0.1) is 0 Å². The summed E-state index contributed by atoms with van der Waals surface area (Å²) in [5, 5.41) is 11.0. The minimum Gasteiger partial charge on any atom is -0.480 e. The summed E-state index contributed by atoms with van der Waals surface area (Å²) in [6.07, 6.45) is -0.331. The van der Waals surface area contributed by atoms with Crippen molar-refractivity contribution in [3.05, 3.63) is 69.5 Å². The Morgan fingerprint density at radius 3 is 2.52 bits per heavy atom. The Kier molecular flexibility index (Phi) is 5.24. The lowest BCUT2D eigenvalue weighted by atomic mass is 10.1. The number of nitrogens with zero attached hydrogens (tertiary/aromatic N) is 1. The number of carbonyl (C=O) groups is 1. The Morgan fingerprint density at radius 2 is 1.91 bits per heavy atom. The summed E-state index contributed by atoms with van der Waals surface area (Å²) in [5.74, 6) is -2.06. The van der Waals surface area contributed by atoms with Gasteiger partial charge in [0, 0.05) is 11.6 Å². The van der Waals surface area contributed by atoms with Gasteiger partial charge >= 0.3 is 11.7 Å². The molecule has 0 atom stereocenters. The van der Waals surface area contributed by atoms with Crippen LogP contribution in [0.5, 0.6) is 5.75 Å². The van der Waals surface area contributed by atoms with Crippen LogP contribution in [0.3, 0.4) is 0 Å². The van der Waals surface area contributed by atoms with Crippen LogP contribution in [-0.4, -0.2) is 18.0 Å². The first-order valence-electron chi connectivity index (χ1n) is 6.72. The molecule has 0 aromatic heterocycles. The highest BCUT2D eigenvalue weighted by molar-refractivity contribution is 5.73. The zero-order chi connectivity index (χ0) is 16.8. The second kappa shape index (κ2) is 7.35. The van der Waals surface area contributed by atoms with Crippen molar-refractivity contribution in [2.24, 2.45) is 0 Å². The largest absolute Gasteiger partial charge is 0.480 e. The van der Waals surface area contributed by atoms with Gasteiger partial charge in [-0.25, -0.2) is 4.39 Å². The molecule has 6 nitrogen and oxygen atoms in total. The molecule has 0 aliphatic rings. The smallest absolute Gasteiger partial charge is 0.314 e. The Labute approximate surface area is 131 Å². The Bertz CT molecular complexity index is 718. The molecule has 120 valence electrons. The molecule has 0 N–H and O–H groups in total. The number of hydrogen-bond acceptors (Lipinski definition) is 5. The van der Waals surface area contributed by atoms with Gasteiger partial charge in [0.1, 0.15) is 6.61 Å². The lowest BCUT2D eigenvalue weighted by molar-refractivity contribution is -0.386. The van der Waals surface area contributed by atoms with Gasteiger partial charge in [0.25, 0.3) is 0 Å². The van der Waals surface area contributed by atoms with E-state index in [1.165, 1.54) is 13.2 Å². The van der Waals surface area contributed by atoms with E-state index in [2.05, 4.69) is 4.74 Å². The maximum atomic E-state index is 14.5. The van der Waals surface area contributed by atoms with E-state index in [0.29, 0.717) is 0 Å². The van der Waals surface area contributed by atoms with Crippen LogP contribution in [-0.2, 0) is 22.6 Å². The first-order chi connectivity index (χ1) is 11.0. The Morgan fingerprint density at radius 1 is 1.22 bits per heavy atom.